The van der Waals surface area contributed by atoms with Crippen LogP contribution in [0.2, 0.25) is 0 Å². The van der Waals surface area contributed by atoms with Crippen LogP contribution in [0.3, 0.4) is 0 Å². The zero-order chi connectivity index (χ0) is 23.5. The molecule has 2 N–H and O–H groups in total. The Morgan fingerprint density at radius 1 is 1.03 bits per heavy atom. The lowest BCUT2D eigenvalue weighted by atomic mass is 9.96. The Labute approximate surface area is 196 Å². The molecule has 2 fully saturated rings. The van der Waals surface area contributed by atoms with Crippen molar-refractivity contribution in [3.05, 3.63) is 33.7 Å². The molecule has 2 heterocycles. The van der Waals surface area contributed by atoms with Gasteiger partial charge < -0.3 is 24.7 Å². The van der Waals surface area contributed by atoms with Crippen LogP contribution in [-0.2, 0) is 16.0 Å². The molecule has 1 saturated heterocycles. The molecule has 1 aromatic heterocycles. The third-order valence-electron chi connectivity index (χ3n) is 6.40. The van der Waals surface area contributed by atoms with E-state index in [-0.39, 0.29) is 23.3 Å². The van der Waals surface area contributed by atoms with Crippen LogP contribution in [0.25, 0.3) is 0 Å². The van der Waals surface area contributed by atoms with Crippen molar-refractivity contribution in [3.8, 4) is 0 Å². The molecule has 1 saturated carbocycles. The first-order chi connectivity index (χ1) is 16.1. The first kappa shape index (κ1) is 25.4. The van der Waals surface area contributed by atoms with Crippen LogP contribution in [0.4, 0.5) is 0 Å². The second kappa shape index (κ2) is 13.5. The molecule has 184 valence electrons. The summed E-state index contributed by atoms with van der Waals surface area (Å²) >= 11 is 0. The summed E-state index contributed by atoms with van der Waals surface area (Å²) < 4.78 is 12.8. The molecule has 2 amide bonds. The largest absolute Gasteiger partial charge is 0.382 e. The summed E-state index contributed by atoms with van der Waals surface area (Å²) in [5.74, 6) is -0.851. The molecule has 2 aliphatic rings. The van der Waals surface area contributed by atoms with E-state index in [4.69, 9.17) is 9.47 Å². The van der Waals surface area contributed by atoms with Crippen molar-refractivity contribution >= 4 is 11.8 Å². The number of pyridine rings is 1. The summed E-state index contributed by atoms with van der Waals surface area (Å²) in [5.41, 5.74) is -0.504. The van der Waals surface area contributed by atoms with Crippen LogP contribution in [0.5, 0.6) is 0 Å². The first-order valence-electron chi connectivity index (χ1n) is 12.6. The molecule has 8 heteroatoms. The van der Waals surface area contributed by atoms with Gasteiger partial charge in [-0.05, 0) is 39.0 Å². The van der Waals surface area contributed by atoms with Gasteiger partial charge in [0.25, 0.3) is 11.8 Å². The minimum Gasteiger partial charge on any atom is -0.382 e. The van der Waals surface area contributed by atoms with Gasteiger partial charge in [0.2, 0.25) is 5.43 Å². The third kappa shape index (κ3) is 7.96. The smallest absolute Gasteiger partial charge is 0.256 e. The van der Waals surface area contributed by atoms with Gasteiger partial charge in [0.15, 0.2) is 0 Å². The number of hydrogen-bond acceptors (Lipinski definition) is 5. The number of hydrogen-bond donors (Lipinski definition) is 2. The molecule has 1 aliphatic heterocycles. The van der Waals surface area contributed by atoms with Crippen LogP contribution >= 0.6 is 0 Å². The van der Waals surface area contributed by atoms with Gasteiger partial charge in [-0.3, -0.25) is 14.4 Å². The number of nitrogens with zero attached hydrogens (tertiary/aromatic N) is 1. The van der Waals surface area contributed by atoms with Crippen molar-refractivity contribution in [1.29, 1.82) is 0 Å². The van der Waals surface area contributed by atoms with Gasteiger partial charge in [0, 0.05) is 51.3 Å². The fourth-order valence-corrected chi connectivity index (χ4v) is 4.56. The second-order valence-corrected chi connectivity index (χ2v) is 9.07. The summed E-state index contributed by atoms with van der Waals surface area (Å²) in [6.45, 7) is 4.72. The summed E-state index contributed by atoms with van der Waals surface area (Å²) in [6.07, 6.45) is 13.4. The molecule has 33 heavy (non-hydrogen) atoms. The van der Waals surface area contributed by atoms with E-state index in [0.29, 0.717) is 39.3 Å². The van der Waals surface area contributed by atoms with E-state index in [9.17, 15) is 14.4 Å². The number of aromatic nitrogens is 1. The van der Waals surface area contributed by atoms with E-state index in [0.717, 1.165) is 38.5 Å². The van der Waals surface area contributed by atoms with Crippen molar-refractivity contribution in [1.82, 2.24) is 15.2 Å². The molecular weight excluding hydrogens is 422 g/mol. The maximum absolute atomic E-state index is 13.2. The average molecular weight is 462 g/mol. The molecule has 0 bridgehead atoms. The Hall–Kier alpha value is -2.19. The molecule has 8 nitrogen and oxygen atoms in total. The van der Waals surface area contributed by atoms with E-state index in [1.807, 2.05) is 6.92 Å². The Balaban J connectivity index is 1.76. The van der Waals surface area contributed by atoms with E-state index in [1.165, 1.54) is 19.3 Å². The van der Waals surface area contributed by atoms with Crippen LogP contribution in [0.15, 0.2) is 17.2 Å². The SMILES string of the molecule is CCOCCCNC(=O)c1cn(C[C@H]2CCCO2)cc(C(=O)NC2CCCCCCC2)c1=O. The van der Waals surface area contributed by atoms with Crippen molar-refractivity contribution in [2.24, 2.45) is 0 Å². The highest BCUT2D eigenvalue weighted by Crippen LogP contribution is 2.18. The third-order valence-corrected chi connectivity index (χ3v) is 6.40. The maximum Gasteiger partial charge on any atom is 0.256 e. The number of amides is 2. The van der Waals surface area contributed by atoms with Gasteiger partial charge >= 0.3 is 0 Å². The molecule has 0 aromatic carbocycles. The number of carbonyl (C=O) groups excluding carboxylic acids is 2. The molecule has 0 radical (unpaired) electrons. The zero-order valence-electron chi connectivity index (χ0n) is 19.9. The Kier molecular flexibility index (Phi) is 10.4. The highest BCUT2D eigenvalue weighted by Gasteiger charge is 2.23. The summed E-state index contributed by atoms with van der Waals surface area (Å²) in [6, 6.07) is 0.0693. The summed E-state index contributed by atoms with van der Waals surface area (Å²) in [5, 5.41) is 5.85. The zero-order valence-corrected chi connectivity index (χ0v) is 19.9. The van der Waals surface area contributed by atoms with E-state index in [1.54, 1.807) is 17.0 Å². The Morgan fingerprint density at radius 3 is 2.39 bits per heavy atom. The summed E-state index contributed by atoms with van der Waals surface area (Å²) in [4.78, 5) is 39.1. The van der Waals surface area contributed by atoms with Gasteiger partial charge in [-0.25, -0.2) is 0 Å². The van der Waals surface area contributed by atoms with Crippen LogP contribution < -0.4 is 16.1 Å². The highest BCUT2D eigenvalue weighted by atomic mass is 16.5. The minimum atomic E-state index is -0.524. The molecule has 1 aliphatic carbocycles. The Bertz CT molecular complexity index is 824. The lowest BCUT2D eigenvalue weighted by molar-refractivity contribution is 0.0913. The number of nitrogens with one attached hydrogen (secondary N) is 2. The van der Waals surface area contributed by atoms with E-state index in [2.05, 4.69) is 10.6 Å². The average Bonchev–Trinajstić information content (AvgIpc) is 3.29. The maximum atomic E-state index is 13.2. The number of rotatable bonds is 10. The Morgan fingerprint density at radius 2 is 1.73 bits per heavy atom. The lowest BCUT2D eigenvalue weighted by Gasteiger charge is -2.21. The van der Waals surface area contributed by atoms with Crippen molar-refractivity contribution in [2.45, 2.75) is 89.8 Å². The fraction of sp³-hybridized carbons (Fsp3) is 0.720. The topological polar surface area (TPSA) is 98.7 Å². The lowest BCUT2D eigenvalue weighted by Crippen LogP contribution is -2.40. The first-order valence-corrected chi connectivity index (χ1v) is 12.6. The molecule has 1 aromatic rings. The molecule has 0 unspecified atom stereocenters. The van der Waals surface area contributed by atoms with E-state index >= 15 is 0 Å². The monoisotopic (exact) mass is 461 g/mol. The van der Waals surface area contributed by atoms with Crippen molar-refractivity contribution in [2.75, 3.05) is 26.4 Å². The molecular formula is C25H39N3O5. The normalized spacial score (nSPS) is 19.6. The highest BCUT2D eigenvalue weighted by molar-refractivity contribution is 5.99. The number of ether oxygens (including phenoxy) is 2. The molecule has 0 spiro atoms. The van der Waals surface area contributed by atoms with Gasteiger partial charge in [-0.15, -0.1) is 0 Å². The van der Waals surface area contributed by atoms with Gasteiger partial charge in [-0.1, -0.05) is 32.1 Å². The predicted molar refractivity (Wildman–Crippen MR) is 127 cm³/mol. The van der Waals surface area contributed by atoms with Crippen LogP contribution in [0.1, 0.15) is 91.8 Å². The molecule has 3 rings (SSSR count). The fourth-order valence-electron chi connectivity index (χ4n) is 4.56. The van der Waals surface area contributed by atoms with Crippen LogP contribution in [0, 0.1) is 0 Å². The van der Waals surface area contributed by atoms with Crippen molar-refractivity contribution < 1.29 is 19.1 Å². The van der Waals surface area contributed by atoms with E-state index < -0.39 is 17.2 Å². The van der Waals surface area contributed by atoms with Gasteiger partial charge in [0.1, 0.15) is 11.1 Å². The van der Waals surface area contributed by atoms with Gasteiger partial charge in [0.05, 0.1) is 6.10 Å². The van der Waals surface area contributed by atoms with Crippen LogP contribution in [-0.4, -0.2) is 54.9 Å². The summed E-state index contributed by atoms with van der Waals surface area (Å²) in [7, 11) is 0. The standard InChI is InChI=1S/C25H39N3O5/c1-2-32-14-9-13-26-24(30)21-17-28(16-20-12-8-15-33-20)18-22(23(21)29)25(31)27-19-10-6-4-3-5-7-11-19/h17-20H,2-16H2,1H3,(H,26,30)(H,27,31)/t20-/m1/s1. The minimum absolute atomic E-state index is 0.00489. The predicted octanol–water partition coefficient (Wildman–Crippen LogP) is 3.03. The van der Waals surface area contributed by atoms with Crippen molar-refractivity contribution in [3.63, 3.8) is 0 Å². The second-order valence-electron chi connectivity index (χ2n) is 9.07. The van der Waals surface area contributed by atoms with Gasteiger partial charge in [-0.2, -0.15) is 0 Å². The number of carbonyl (C=O) groups is 2. The quantitative estimate of drug-likeness (QED) is 0.522. The molecule has 1 atom stereocenters.